The van der Waals surface area contributed by atoms with Crippen molar-refractivity contribution in [1.82, 2.24) is 9.78 Å². The van der Waals surface area contributed by atoms with E-state index in [0.29, 0.717) is 11.4 Å². The van der Waals surface area contributed by atoms with Crippen molar-refractivity contribution in [3.05, 3.63) is 81.3 Å². The molecule has 0 bridgehead atoms. The highest BCUT2D eigenvalue weighted by Crippen LogP contribution is 2.19. The van der Waals surface area contributed by atoms with E-state index in [1.165, 1.54) is 0 Å². The topological polar surface area (TPSA) is 84.2 Å². The van der Waals surface area contributed by atoms with Crippen molar-refractivity contribution in [3.8, 4) is 11.4 Å². The van der Waals surface area contributed by atoms with Crippen molar-refractivity contribution in [3.63, 3.8) is 0 Å². The first-order valence-corrected chi connectivity index (χ1v) is 8.14. The summed E-state index contributed by atoms with van der Waals surface area (Å²) in [7, 11) is 0. The fourth-order valence-electron chi connectivity index (χ4n) is 2.61. The van der Waals surface area contributed by atoms with Crippen molar-refractivity contribution in [2.45, 2.75) is 20.8 Å². The number of carbonyl (C=O) groups excluding carboxylic acids is 1. The molecule has 3 rings (SSSR count). The minimum absolute atomic E-state index is 0.216. The fourth-order valence-corrected chi connectivity index (χ4v) is 2.61. The third-order valence-corrected chi connectivity index (χ3v) is 4.01. The molecular weight excluding hydrogens is 330 g/mol. The summed E-state index contributed by atoms with van der Waals surface area (Å²) >= 11 is 0. The van der Waals surface area contributed by atoms with Crippen LogP contribution >= 0.6 is 0 Å². The van der Waals surface area contributed by atoms with Gasteiger partial charge in [0.15, 0.2) is 11.4 Å². The maximum absolute atomic E-state index is 12.6. The zero-order valence-electron chi connectivity index (χ0n) is 14.8. The minimum atomic E-state index is -0.586. The molecule has 3 aromatic rings. The van der Waals surface area contributed by atoms with Crippen molar-refractivity contribution in [2.24, 2.45) is 0 Å². The first-order valence-electron chi connectivity index (χ1n) is 8.14. The molecule has 2 aromatic carbocycles. The Bertz CT molecular complexity index is 1050. The van der Waals surface area contributed by atoms with Crippen LogP contribution in [-0.4, -0.2) is 20.8 Å². The van der Waals surface area contributed by atoms with Crippen molar-refractivity contribution in [1.29, 1.82) is 0 Å². The van der Waals surface area contributed by atoms with E-state index < -0.39 is 17.2 Å². The lowest BCUT2D eigenvalue weighted by molar-refractivity contribution is 0.101. The number of hydrogen-bond acceptors (Lipinski definition) is 4. The molecular formula is C20H19N3O3. The Morgan fingerprint density at radius 2 is 1.77 bits per heavy atom. The Hall–Kier alpha value is -3.41. The van der Waals surface area contributed by atoms with Gasteiger partial charge in [0.25, 0.3) is 11.5 Å². The van der Waals surface area contributed by atoms with Crippen LogP contribution in [0, 0.1) is 20.8 Å². The fraction of sp³-hybridized carbons (Fsp3) is 0.150. The number of anilines is 1. The third kappa shape index (κ3) is 3.49. The third-order valence-electron chi connectivity index (χ3n) is 4.01. The van der Waals surface area contributed by atoms with Gasteiger partial charge in [0.05, 0.1) is 5.69 Å². The normalized spacial score (nSPS) is 10.6. The zero-order chi connectivity index (χ0) is 18.8. The average Bonchev–Trinajstić information content (AvgIpc) is 2.58. The van der Waals surface area contributed by atoms with Gasteiger partial charge >= 0.3 is 0 Å². The van der Waals surface area contributed by atoms with Gasteiger partial charge in [0.1, 0.15) is 0 Å². The molecule has 0 atom stereocenters. The second kappa shape index (κ2) is 6.84. The standard InChI is InChI=1S/C20H19N3O3/c1-12-5-4-6-15(9-12)23-18(25)11-17(24)19(22-23)20(26)21-16-10-13(2)7-8-14(16)3/h4-11,24H,1-3H3,(H,21,26). The number of nitrogens with one attached hydrogen (secondary N) is 1. The van der Waals surface area contributed by atoms with E-state index >= 15 is 0 Å². The van der Waals surface area contributed by atoms with E-state index in [-0.39, 0.29) is 5.69 Å². The maximum Gasteiger partial charge on any atom is 0.279 e. The quantitative estimate of drug-likeness (QED) is 0.761. The van der Waals surface area contributed by atoms with Crippen LogP contribution in [0.1, 0.15) is 27.2 Å². The predicted octanol–water partition coefficient (Wildman–Crippen LogP) is 3.12. The van der Waals surface area contributed by atoms with Crippen LogP contribution in [0.15, 0.2) is 53.3 Å². The smallest absolute Gasteiger partial charge is 0.279 e. The molecule has 6 nitrogen and oxygen atoms in total. The van der Waals surface area contributed by atoms with E-state index in [2.05, 4.69) is 10.4 Å². The molecule has 0 aliphatic carbocycles. The van der Waals surface area contributed by atoms with Gasteiger partial charge < -0.3 is 10.4 Å². The number of amides is 1. The number of nitrogens with zero attached hydrogens (tertiary/aromatic N) is 2. The highest BCUT2D eigenvalue weighted by molar-refractivity contribution is 6.04. The summed E-state index contributed by atoms with van der Waals surface area (Å²) in [4.78, 5) is 24.8. The molecule has 0 aliphatic rings. The summed E-state index contributed by atoms with van der Waals surface area (Å²) in [5, 5.41) is 16.9. The highest BCUT2D eigenvalue weighted by atomic mass is 16.3. The second-order valence-electron chi connectivity index (χ2n) is 6.24. The van der Waals surface area contributed by atoms with Crippen molar-refractivity contribution < 1.29 is 9.90 Å². The number of rotatable bonds is 3. The Morgan fingerprint density at radius 1 is 1.04 bits per heavy atom. The lowest BCUT2D eigenvalue weighted by Crippen LogP contribution is -2.25. The van der Waals surface area contributed by atoms with Crippen LogP contribution in [0.2, 0.25) is 0 Å². The highest BCUT2D eigenvalue weighted by Gasteiger charge is 2.18. The molecule has 1 amide bonds. The van der Waals surface area contributed by atoms with Crippen LogP contribution < -0.4 is 10.9 Å². The largest absolute Gasteiger partial charge is 0.505 e. The van der Waals surface area contributed by atoms with Gasteiger partial charge in [-0.15, -0.1) is 0 Å². The van der Waals surface area contributed by atoms with Gasteiger partial charge in [0, 0.05) is 11.8 Å². The molecule has 6 heteroatoms. The van der Waals surface area contributed by atoms with E-state index in [4.69, 9.17) is 0 Å². The Morgan fingerprint density at radius 3 is 2.50 bits per heavy atom. The monoisotopic (exact) mass is 349 g/mol. The predicted molar refractivity (Wildman–Crippen MR) is 100 cm³/mol. The number of hydrogen-bond donors (Lipinski definition) is 2. The number of aromatic hydroxyl groups is 1. The van der Waals surface area contributed by atoms with Crippen LogP contribution in [0.5, 0.6) is 5.75 Å². The summed E-state index contributed by atoms with van der Waals surface area (Å²) in [6, 6.07) is 13.8. The molecule has 0 saturated carbocycles. The summed E-state index contributed by atoms with van der Waals surface area (Å²) in [5.41, 5.74) is 3.25. The number of carbonyl (C=O) groups is 1. The van der Waals surface area contributed by atoms with Crippen molar-refractivity contribution in [2.75, 3.05) is 5.32 Å². The summed E-state index contributed by atoms with van der Waals surface area (Å²) in [6.45, 7) is 5.68. The van der Waals surface area contributed by atoms with E-state index in [1.54, 1.807) is 18.2 Å². The van der Waals surface area contributed by atoms with Gasteiger partial charge in [-0.1, -0.05) is 24.3 Å². The van der Waals surface area contributed by atoms with Gasteiger partial charge in [0.2, 0.25) is 0 Å². The molecule has 26 heavy (non-hydrogen) atoms. The van der Waals surface area contributed by atoms with Crippen molar-refractivity contribution >= 4 is 11.6 Å². The molecule has 0 unspecified atom stereocenters. The van der Waals surface area contributed by atoms with Gasteiger partial charge in [-0.25, -0.2) is 0 Å². The van der Waals surface area contributed by atoms with Crippen LogP contribution in [0.25, 0.3) is 5.69 Å². The van der Waals surface area contributed by atoms with E-state index in [9.17, 15) is 14.7 Å². The molecule has 0 spiro atoms. The number of benzene rings is 2. The summed E-state index contributed by atoms with van der Waals surface area (Å²) in [6.07, 6.45) is 0. The Kier molecular flexibility index (Phi) is 4.58. The van der Waals surface area contributed by atoms with Gasteiger partial charge in [-0.3, -0.25) is 9.59 Å². The lowest BCUT2D eigenvalue weighted by Gasteiger charge is -2.11. The molecule has 0 fully saturated rings. The Balaban J connectivity index is 2.02. The molecule has 0 aliphatic heterocycles. The lowest BCUT2D eigenvalue weighted by atomic mass is 10.1. The van der Waals surface area contributed by atoms with Crippen LogP contribution in [-0.2, 0) is 0 Å². The number of aromatic nitrogens is 2. The van der Waals surface area contributed by atoms with Crippen LogP contribution in [0.3, 0.4) is 0 Å². The minimum Gasteiger partial charge on any atom is -0.505 e. The molecule has 1 heterocycles. The molecule has 0 saturated heterocycles. The summed E-state index contributed by atoms with van der Waals surface area (Å²) < 4.78 is 1.10. The zero-order valence-corrected chi connectivity index (χ0v) is 14.8. The molecule has 0 radical (unpaired) electrons. The Labute approximate surface area is 150 Å². The molecule has 132 valence electrons. The molecule has 1 aromatic heterocycles. The summed E-state index contributed by atoms with van der Waals surface area (Å²) in [5.74, 6) is -1.04. The van der Waals surface area contributed by atoms with E-state index in [0.717, 1.165) is 27.4 Å². The van der Waals surface area contributed by atoms with E-state index in [1.807, 2.05) is 45.0 Å². The first-order chi connectivity index (χ1) is 12.3. The average molecular weight is 349 g/mol. The first kappa shape index (κ1) is 17.4. The van der Waals surface area contributed by atoms with Crippen LogP contribution in [0.4, 0.5) is 5.69 Å². The maximum atomic E-state index is 12.6. The SMILES string of the molecule is Cc1cccc(-n2nc(C(=O)Nc3cc(C)ccc3C)c(O)cc2=O)c1. The van der Waals surface area contributed by atoms with Gasteiger partial charge in [-0.2, -0.15) is 9.78 Å². The van der Waals surface area contributed by atoms with Gasteiger partial charge in [-0.05, 0) is 55.7 Å². The second-order valence-corrected chi connectivity index (χ2v) is 6.24. The molecule has 2 N–H and O–H groups in total. The number of aryl methyl sites for hydroxylation is 3.